The molecule has 0 saturated heterocycles. The van der Waals surface area contributed by atoms with Crippen molar-refractivity contribution in [2.45, 2.75) is 13.0 Å². The van der Waals surface area contributed by atoms with Crippen LogP contribution in [0.5, 0.6) is 0 Å². The minimum absolute atomic E-state index is 0.0668. The summed E-state index contributed by atoms with van der Waals surface area (Å²) in [7, 11) is 1.90. The van der Waals surface area contributed by atoms with Crippen molar-refractivity contribution in [2.24, 2.45) is 0 Å². The van der Waals surface area contributed by atoms with Gasteiger partial charge in [-0.2, -0.15) is 0 Å². The minimum Gasteiger partial charge on any atom is -0.308 e. The first-order valence-electron chi connectivity index (χ1n) is 5.26. The van der Waals surface area contributed by atoms with Crippen molar-refractivity contribution in [3.8, 4) is 0 Å². The molecule has 0 aliphatic carbocycles. The molecule has 0 saturated carbocycles. The first-order chi connectivity index (χ1) is 7.72. The molecule has 1 heterocycles. The predicted octanol–water partition coefficient (Wildman–Crippen LogP) is 2.47. The summed E-state index contributed by atoms with van der Waals surface area (Å²) in [5, 5.41) is 3.18. The summed E-state index contributed by atoms with van der Waals surface area (Å²) in [4.78, 5) is 8.97. The first-order valence-corrected chi connectivity index (χ1v) is 5.26. The van der Waals surface area contributed by atoms with E-state index in [9.17, 15) is 0 Å². The Hall–Kier alpha value is -1.74. The fourth-order valence-electron chi connectivity index (χ4n) is 1.76. The molecule has 3 nitrogen and oxygen atoms in total. The van der Waals surface area contributed by atoms with Gasteiger partial charge in [-0.3, -0.25) is 4.98 Å². The zero-order valence-electron chi connectivity index (χ0n) is 9.57. The molecule has 0 bridgehead atoms. The molecule has 16 heavy (non-hydrogen) atoms. The Morgan fingerprint density at radius 2 is 2.00 bits per heavy atom. The van der Waals surface area contributed by atoms with Crippen molar-refractivity contribution < 1.29 is 0 Å². The van der Waals surface area contributed by atoms with Gasteiger partial charge in [0.2, 0.25) is 0 Å². The lowest BCUT2D eigenvalue weighted by Crippen LogP contribution is -2.18. The largest absolute Gasteiger partial charge is 0.308 e. The van der Waals surface area contributed by atoms with Crippen LogP contribution in [0.25, 0.3) is 11.0 Å². The zero-order valence-corrected chi connectivity index (χ0v) is 9.57. The highest BCUT2D eigenvalue weighted by molar-refractivity contribution is 5.73. The van der Waals surface area contributed by atoms with Crippen LogP contribution in [0.2, 0.25) is 0 Å². The van der Waals surface area contributed by atoms with E-state index in [1.165, 1.54) is 0 Å². The maximum Gasteiger partial charge on any atom is 0.0890 e. The van der Waals surface area contributed by atoms with Gasteiger partial charge in [-0.25, -0.2) is 4.98 Å². The van der Waals surface area contributed by atoms with Gasteiger partial charge in [0, 0.05) is 0 Å². The monoisotopic (exact) mass is 213 g/mol. The lowest BCUT2D eigenvalue weighted by Gasteiger charge is -2.15. The van der Waals surface area contributed by atoms with Gasteiger partial charge in [-0.05, 0) is 26.1 Å². The quantitative estimate of drug-likeness (QED) is 0.796. The van der Waals surface area contributed by atoms with Crippen LogP contribution in [0, 0.1) is 0 Å². The number of rotatable bonds is 3. The second-order valence-electron chi connectivity index (χ2n) is 3.85. The second kappa shape index (κ2) is 4.41. The average molecular weight is 213 g/mol. The molecule has 2 aromatic rings. The molecule has 0 amide bonds. The van der Waals surface area contributed by atoms with Crippen molar-refractivity contribution >= 4 is 11.0 Å². The Kier molecular flexibility index (Phi) is 2.97. The van der Waals surface area contributed by atoms with E-state index in [1.807, 2.05) is 38.2 Å². The van der Waals surface area contributed by atoms with Crippen LogP contribution in [0.4, 0.5) is 0 Å². The van der Waals surface area contributed by atoms with E-state index in [-0.39, 0.29) is 6.04 Å². The highest BCUT2D eigenvalue weighted by Gasteiger charge is 2.11. The third kappa shape index (κ3) is 1.95. The molecule has 1 atom stereocenters. The van der Waals surface area contributed by atoms with E-state index in [4.69, 9.17) is 0 Å². The molecular weight excluding hydrogens is 198 g/mol. The molecule has 0 aliphatic rings. The molecular formula is C13H15N3. The molecule has 3 heteroatoms. The van der Waals surface area contributed by atoms with Crippen molar-refractivity contribution in [1.29, 1.82) is 0 Å². The third-order valence-electron chi connectivity index (χ3n) is 2.54. The second-order valence-corrected chi connectivity index (χ2v) is 3.85. The molecule has 0 radical (unpaired) electrons. The normalized spacial score (nSPS) is 12.6. The SMILES string of the molecule is C=C(C)C(NC)c1cnc2ccccc2n1. The van der Waals surface area contributed by atoms with Gasteiger partial charge in [0.1, 0.15) is 0 Å². The molecule has 0 aliphatic heterocycles. The first kappa shape index (κ1) is 10.8. The molecule has 2 rings (SSSR count). The van der Waals surface area contributed by atoms with E-state index in [0.29, 0.717) is 0 Å². The van der Waals surface area contributed by atoms with Crippen LogP contribution >= 0.6 is 0 Å². The van der Waals surface area contributed by atoms with Crippen LogP contribution < -0.4 is 5.32 Å². The molecule has 1 aromatic heterocycles. The Labute approximate surface area is 95.2 Å². The molecule has 0 fully saturated rings. The van der Waals surface area contributed by atoms with Gasteiger partial charge in [0.05, 0.1) is 29.0 Å². The van der Waals surface area contributed by atoms with Crippen LogP contribution in [0.3, 0.4) is 0 Å². The summed E-state index contributed by atoms with van der Waals surface area (Å²) in [6.07, 6.45) is 1.80. The maximum atomic E-state index is 4.58. The fraction of sp³-hybridized carbons (Fsp3) is 0.231. The number of benzene rings is 1. The van der Waals surface area contributed by atoms with Crippen LogP contribution in [0.1, 0.15) is 18.7 Å². The minimum atomic E-state index is 0.0668. The Bertz CT molecular complexity index is 519. The van der Waals surface area contributed by atoms with E-state index < -0.39 is 0 Å². The van der Waals surface area contributed by atoms with Crippen molar-refractivity contribution in [3.63, 3.8) is 0 Å². The topological polar surface area (TPSA) is 37.8 Å². The fourth-order valence-corrected chi connectivity index (χ4v) is 1.76. The lowest BCUT2D eigenvalue weighted by molar-refractivity contribution is 0.659. The summed E-state index contributed by atoms with van der Waals surface area (Å²) >= 11 is 0. The Morgan fingerprint density at radius 3 is 2.62 bits per heavy atom. The summed E-state index contributed by atoms with van der Waals surface area (Å²) in [6, 6.07) is 7.93. The predicted molar refractivity (Wildman–Crippen MR) is 66.2 cm³/mol. The number of hydrogen-bond acceptors (Lipinski definition) is 3. The van der Waals surface area contributed by atoms with Gasteiger partial charge < -0.3 is 5.32 Å². The molecule has 0 spiro atoms. The van der Waals surface area contributed by atoms with Crippen LogP contribution in [-0.4, -0.2) is 17.0 Å². The van der Waals surface area contributed by atoms with Crippen molar-refractivity contribution in [1.82, 2.24) is 15.3 Å². The maximum absolute atomic E-state index is 4.58. The molecule has 1 aromatic carbocycles. The average Bonchev–Trinajstić information content (AvgIpc) is 2.29. The van der Waals surface area contributed by atoms with Gasteiger partial charge >= 0.3 is 0 Å². The van der Waals surface area contributed by atoms with E-state index in [1.54, 1.807) is 6.20 Å². The highest BCUT2D eigenvalue weighted by Crippen LogP contribution is 2.18. The number of hydrogen-bond donors (Lipinski definition) is 1. The lowest BCUT2D eigenvalue weighted by atomic mass is 10.1. The Morgan fingerprint density at radius 1 is 1.31 bits per heavy atom. The van der Waals surface area contributed by atoms with Gasteiger partial charge in [0.15, 0.2) is 0 Å². The zero-order chi connectivity index (χ0) is 11.5. The smallest absolute Gasteiger partial charge is 0.0890 e. The number of fused-ring (bicyclic) bond motifs is 1. The molecule has 82 valence electrons. The number of aromatic nitrogens is 2. The van der Waals surface area contributed by atoms with Crippen molar-refractivity contribution in [2.75, 3.05) is 7.05 Å². The van der Waals surface area contributed by atoms with Gasteiger partial charge in [0.25, 0.3) is 0 Å². The van der Waals surface area contributed by atoms with Crippen LogP contribution in [0.15, 0.2) is 42.6 Å². The molecule has 1 N–H and O–H groups in total. The number of para-hydroxylation sites is 2. The van der Waals surface area contributed by atoms with Crippen molar-refractivity contribution in [3.05, 3.63) is 48.3 Å². The third-order valence-corrected chi connectivity index (χ3v) is 2.54. The standard InChI is InChI=1S/C13H15N3/c1-9(2)13(14-3)12-8-15-10-6-4-5-7-11(10)16-12/h4-8,13-14H,1H2,2-3H3. The number of nitrogens with one attached hydrogen (secondary N) is 1. The van der Waals surface area contributed by atoms with E-state index >= 15 is 0 Å². The number of nitrogens with zero attached hydrogens (tertiary/aromatic N) is 2. The van der Waals surface area contributed by atoms with Gasteiger partial charge in [-0.15, -0.1) is 0 Å². The highest BCUT2D eigenvalue weighted by atomic mass is 14.9. The molecule has 1 unspecified atom stereocenters. The van der Waals surface area contributed by atoms with E-state index in [0.717, 1.165) is 22.3 Å². The Balaban J connectivity index is 2.49. The summed E-state index contributed by atoms with van der Waals surface area (Å²) in [5.74, 6) is 0. The summed E-state index contributed by atoms with van der Waals surface area (Å²) < 4.78 is 0. The summed E-state index contributed by atoms with van der Waals surface area (Å²) in [6.45, 7) is 5.94. The number of likely N-dealkylation sites (N-methyl/N-ethyl adjacent to an activating group) is 1. The van der Waals surface area contributed by atoms with Crippen LogP contribution in [-0.2, 0) is 0 Å². The van der Waals surface area contributed by atoms with E-state index in [2.05, 4.69) is 21.9 Å². The van der Waals surface area contributed by atoms with Gasteiger partial charge in [-0.1, -0.05) is 24.3 Å². The summed E-state index contributed by atoms with van der Waals surface area (Å²) in [5.41, 5.74) is 3.78.